The molecule has 2 fully saturated rings. The van der Waals surface area contributed by atoms with Gasteiger partial charge in [-0.05, 0) is 29.8 Å². The Bertz CT molecular complexity index is 689. The number of cyclic esters (lactones) is 1. The highest BCUT2D eigenvalue weighted by molar-refractivity contribution is 6.30. The number of esters is 1. The van der Waals surface area contributed by atoms with E-state index in [1.165, 1.54) is 0 Å². The molecule has 0 radical (unpaired) electrons. The van der Waals surface area contributed by atoms with Crippen LogP contribution in [0.3, 0.4) is 0 Å². The number of carbonyl (C=O) groups excluding carboxylic acids is 1. The molecule has 0 saturated carbocycles. The standard InChI is InChI=1S/C17H14ClNO3/c18-12-8-6-11(7-9-12)16-15-14(10-21-17(15)20)22-19(16)13-4-2-1-3-5-13/h1-9,14-16H,10H2/t14-,15+,16+/m1/s1. The molecule has 0 bridgehead atoms. The van der Waals surface area contributed by atoms with E-state index in [0.29, 0.717) is 11.6 Å². The Morgan fingerprint density at radius 2 is 1.77 bits per heavy atom. The first-order chi connectivity index (χ1) is 10.7. The van der Waals surface area contributed by atoms with Gasteiger partial charge in [0.2, 0.25) is 0 Å². The molecule has 0 amide bonds. The molecule has 0 N–H and O–H groups in total. The number of hydrogen-bond acceptors (Lipinski definition) is 4. The molecule has 0 spiro atoms. The minimum Gasteiger partial charge on any atom is -0.462 e. The molecule has 2 aliphatic heterocycles. The summed E-state index contributed by atoms with van der Waals surface area (Å²) in [6, 6.07) is 17.1. The van der Waals surface area contributed by atoms with E-state index in [-0.39, 0.29) is 24.0 Å². The number of ether oxygens (including phenoxy) is 1. The van der Waals surface area contributed by atoms with Crippen molar-refractivity contribution in [3.63, 3.8) is 0 Å². The van der Waals surface area contributed by atoms with Crippen LogP contribution in [0.2, 0.25) is 5.02 Å². The number of hydroxylamine groups is 1. The number of benzene rings is 2. The number of halogens is 1. The Kier molecular flexibility index (Phi) is 3.28. The van der Waals surface area contributed by atoms with Crippen LogP contribution in [0.1, 0.15) is 11.6 Å². The highest BCUT2D eigenvalue weighted by Gasteiger charge is 2.53. The van der Waals surface area contributed by atoms with Crippen LogP contribution < -0.4 is 5.06 Å². The highest BCUT2D eigenvalue weighted by atomic mass is 35.5. The van der Waals surface area contributed by atoms with E-state index in [2.05, 4.69) is 0 Å². The van der Waals surface area contributed by atoms with Crippen LogP contribution >= 0.6 is 11.6 Å². The molecular formula is C17H14ClNO3. The van der Waals surface area contributed by atoms with Gasteiger partial charge in [0.25, 0.3) is 0 Å². The Morgan fingerprint density at radius 3 is 2.50 bits per heavy atom. The van der Waals surface area contributed by atoms with Gasteiger partial charge in [0, 0.05) is 5.02 Å². The minimum absolute atomic E-state index is 0.205. The second-order valence-electron chi connectivity index (χ2n) is 5.46. The van der Waals surface area contributed by atoms with Gasteiger partial charge >= 0.3 is 5.97 Å². The third kappa shape index (κ3) is 2.16. The van der Waals surface area contributed by atoms with E-state index in [1.807, 2.05) is 59.7 Å². The molecule has 0 aromatic heterocycles. The average Bonchev–Trinajstić information content (AvgIpc) is 3.09. The first kappa shape index (κ1) is 13.6. The Hall–Kier alpha value is -2.04. The summed E-state index contributed by atoms with van der Waals surface area (Å²) in [4.78, 5) is 18.1. The molecule has 4 rings (SSSR count). The van der Waals surface area contributed by atoms with Gasteiger partial charge in [-0.15, -0.1) is 0 Å². The van der Waals surface area contributed by atoms with Crippen molar-refractivity contribution in [2.24, 2.45) is 5.92 Å². The van der Waals surface area contributed by atoms with E-state index >= 15 is 0 Å². The Labute approximate surface area is 133 Å². The van der Waals surface area contributed by atoms with Crippen molar-refractivity contribution < 1.29 is 14.4 Å². The molecule has 2 aliphatic rings. The Morgan fingerprint density at radius 1 is 1.05 bits per heavy atom. The smallest absolute Gasteiger partial charge is 0.314 e. The minimum atomic E-state index is -0.318. The molecule has 5 heteroatoms. The van der Waals surface area contributed by atoms with Gasteiger partial charge < -0.3 is 4.74 Å². The largest absolute Gasteiger partial charge is 0.462 e. The summed E-state index contributed by atoms with van der Waals surface area (Å²) in [5.74, 6) is -0.523. The van der Waals surface area contributed by atoms with Crippen LogP contribution in [0, 0.1) is 5.92 Å². The summed E-state index contributed by atoms with van der Waals surface area (Å²) in [7, 11) is 0. The van der Waals surface area contributed by atoms with Gasteiger partial charge in [-0.25, -0.2) is 5.06 Å². The molecule has 3 atom stereocenters. The number of para-hydroxylation sites is 1. The van der Waals surface area contributed by atoms with Gasteiger partial charge in [-0.2, -0.15) is 0 Å². The van der Waals surface area contributed by atoms with Gasteiger partial charge in [0.15, 0.2) is 0 Å². The summed E-state index contributed by atoms with van der Waals surface area (Å²) in [6.45, 7) is 0.303. The van der Waals surface area contributed by atoms with E-state index in [1.54, 1.807) is 0 Å². The van der Waals surface area contributed by atoms with Crippen molar-refractivity contribution in [3.05, 3.63) is 65.2 Å². The lowest BCUT2D eigenvalue weighted by atomic mass is 9.91. The lowest BCUT2D eigenvalue weighted by Crippen LogP contribution is -2.27. The fourth-order valence-electron chi connectivity index (χ4n) is 3.10. The number of hydrogen-bond donors (Lipinski definition) is 0. The fraction of sp³-hybridized carbons (Fsp3) is 0.235. The van der Waals surface area contributed by atoms with Gasteiger partial charge in [0.1, 0.15) is 18.6 Å². The first-order valence-corrected chi connectivity index (χ1v) is 7.55. The van der Waals surface area contributed by atoms with Crippen LogP contribution in [0.15, 0.2) is 54.6 Å². The lowest BCUT2D eigenvalue weighted by molar-refractivity contribution is -0.141. The maximum absolute atomic E-state index is 12.1. The topological polar surface area (TPSA) is 38.8 Å². The normalized spacial score (nSPS) is 26.9. The summed E-state index contributed by atoms with van der Waals surface area (Å²) >= 11 is 5.98. The quantitative estimate of drug-likeness (QED) is 0.796. The molecule has 0 unspecified atom stereocenters. The van der Waals surface area contributed by atoms with E-state index in [4.69, 9.17) is 21.2 Å². The van der Waals surface area contributed by atoms with Gasteiger partial charge in [0.05, 0.1) is 11.7 Å². The van der Waals surface area contributed by atoms with Crippen LogP contribution in [0.4, 0.5) is 5.69 Å². The Balaban J connectivity index is 1.77. The molecule has 112 valence electrons. The van der Waals surface area contributed by atoms with Crippen molar-refractivity contribution in [2.75, 3.05) is 11.7 Å². The fourth-order valence-corrected chi connectivity index (χ4v) is 3.23. The summed E-state index contributed by atoms with van der Waals surface area (Å²) in [5, 5.41) is 2.48. The van der Waals surface area contributed by atoms with Crippen molar-refractivity contribution in [2.45, 2.75) is 12.1 Å². The van der Waals surface area contributed by atoms with E-state index in [0.717, 1.165) is 11.3 Å². The van der Waals surface area contributed by atoms with E-state index in [9.17, 15) is 4.79 Å². The maximum Gasteiger partial charge on any atom is 0.314 e. The summed E-state index contributed by atoms with van der Waals surface area (Å²) in [6.07, 6.45) is -0.242. The predicted molar refractivity (Wildman–Crippen MR) is 82.4 cm³/mol. The SMILES string of the molecule is O=C1OC[C@H]2ON(c3ccccc3)[C@@H](c3ccc(Cl)cc3)[C@@H]12. The summed E-state index contributed by atoms with van der Waals surface area (Å²) in [5.41, 5.74) is 1.91. The van der Waals surface area contributed by atoms with Crippen LogP contribution in [-0.2, 0) is 14.4 Å². The predicted octanol–water partition coefficient (Wildman–Crippen LogP) is 3.37. The summed E-state index contributed by atoms with van der Waals surface area (Å²) < 4.78 is 5.16. The lowest BCUT2D eigenvalue weighted by Gasteiger charge is -2.27. The number of carbonyl (C=O) groups is 1. The second kappa shape index (κ2) is 5.30. The molecule has 0 aliphatic carbocycles. The molecule has 2 aromatic rings. The molecular weight excluding hydrogens is 302 g/mol. The average molecular weight is 316 g/mol. The zero-order chi connectivity index (χ0) is 15.1. The zero-order valence-electron chi connectivity index (χ0n) is 11.7. The zero-order valence-corrected chi connectivity index (χ0v) is 12.4. The van der Waals surface area contributed by atoms with E-state index < -0.39 is 0 Å². The van der Waals surface area contributed by atoms with Gasteiger partial charge in [-0.3, -0.25) is 9.63 Å². The monoisotopic (exact) mass is 315 g/mol. The highest BCUT2D eigenvalue weighted by Crippen LogP contribution is 2.45. The van der Waals surface area contributed by atoms with Crippen molar-refractivity contribution >= 4 is 23.3 Å². The molecule has 2 aromatic carbocycles. The van der Waals surface area contributed by atoms with Gasteiger partial charge in [-0.1, -0.05) is 41.9 Å². The molecule has 2 saturated heterocycles. The second-order valence-corrected chi connectivity index (χ2v) is 5.89. The maximum atomic E-state index is 12.1. The number of fused-ring (bicyclic) bond motifs is 1. The number of rotatable bonds is 2. The molecule has 2 heterocycles. The number of anilines is 1. The van der Waals surface area contributed by atoms with Crippen molar-refractivity contribution in [1.82, 2.24) is 0 Å². The first-order valence-electron chi connectivity index (χ1n) is 7.17. The van der Waals surface area contributed by atoms with Crippen LogP contribution in [-0.4, -0.2) is 18.7 Å². The van der Waals surface area contributed by atoms with Crippen molar-refractivity contribution in [1.29, 1.82) is 0 Å². The van der Waals surface area contributed by atoms with Crippen molar-refractivity contribution in [3.8, 4) is 0 Å². The third-order valence-corrected chi connectivity index (χ3v) is 4.38. The third-order valence-electron chi connectivity index (χ3n) is 4.13. The molecule has 4 nitrogen and oxygen atoms in total. The van der Waals surface area contributed by atoms with Crippen LogP contribution in [0.25, 0.3) is 0 Å². The van der Waals surface area contributed by atoms with Crippen LogP contribution in [0.5, 0.6) is 0 Å². The molecule has 22 heavy (non-hydrogen) atoms. The number of nitrogens with zero attached hydrogens (tertiary/aromatic N) is 1.